The lowest BCUT2D eigenvalue weighted by molar-refractivity contribution is 0.176. The highest BCUT2D eigenvalue weighted by Gasteiger charge is 2.34. The summed E-state index contributed by atoms with van der Waals surface area (Å²) in [5.74, 6) is 2.34. The number of anilines is 1. The number of phenols is 1. The van der Waals surface area contributed by atoms with Crippen molar-refractivity contribution in [3.05, 3.63) is 130 Å². The fourth-order valence-electron chi connectivity index (χ4n) is 8.97. The highest BCUT2D eigenvalue weighted by Crippen LogP contribution is 2.48. The number of methoxy groups -OCH3 is 1. The largest absolute Gasteiger partial charge is 0.508 e. The summed E-state index contributed by atoms with van der Waals surface area (Å²) in [5.41, 5.74) is 7.01. The number of H-pyrrole nitrogens is 1. The van der Waals surface area contributed by atoms with E-state index in [4.69, 9.17) is 18.6 Å². The van der Waals surface area contributed by atoms with Gasteiger partial charge in [-0.3, -0.25) is 4.79 Å². The Morgan fingerprint density at radius 2 is 1.63 bits per heavy atom. The molecular formula is C52H59N3O8. The zero-order valence-electron chi connectivity index (χ0n) is 36.3. The smallest absolute Gasteiger partial charge is 0.204 e. The van der Waals surface area contributed by atoms with Crippen LogP contribution in [-0.4, -0.2) is 79.5 Å². The van der Waals surface area contributed by atoms with Gasteiger partial charge in [0.25, 0.3) is 0 Å². The lowest BCUT2D eigenvalue weighted by Crippen LogP contribution is -2.43. The third kappa shape index (κ3) is 9.96. The number of hydrogen-bond acceptors (Lipinski definition) is 10. The standard InChI is InChI=1S/C52H59N3O8/c1-52(23-6-7-24-52)45-33-42(51(54-45)55-27-25-53-26-28-55)38-13-8-12-36(32-38)15-21-41-47-46(43(59)34-44(63-47)37-16-19-39(57)20-17-37)49(50(60-2)48(41)61-30-9-29-56)62-31-22-40(58)18-14-35-10-4-3-5-11-35/h3-5,8,10-14,16-20,32-34,40,53-54,56-58H,6-7,9,15,21-31H2,1-2H3/b18-14+/t40-/m0/s1. The van der Waals surface area contributed by atoms with Gasteiger partial charge in [0.2, 0.25) is 5.75 Å². The molecule has 4 aromatic carbocycles. The van der Waals surface area contributed by atoms with Crippen molar-refractivity contribution in [2.24, 2.45) is 0 Å². The maximum atomic E-state index is 14.4. The van der Waals surface area contributed by atoms with Crippen LogP contribution in [0.4, 0.5) is 5.82 Å². The Bertz CT molecular complexity index is 2550. The lowest BCUT2D eigenvalue weighted by atomic mass is 9.85. The normalized spacial score (nSPS) is 15.6. The predicted octanol–water partition coefficient (Wildman–Crippen LogP) is 8.80. The van der Waals surface area contributed by atoms with Crippen LogP contribution in [0.15, 0.2) is 106 Å². The first-order valence-corrected chi connectivity index (χ1v) is 22.3. The molecule has 11 nitrogen and oxygen atoms in total. The molecule has 6 aromatic rings. The number of aromatic amines is 1. The molecule has 0 spiro atoms. The van der Waals surface area contributed by atoms with E-state index >= 15 is 0 Å². The molecule has 2 aliphatic rings. The number of phenolic OH excluding ortho intramolecular Hbond substituents is 1. The summed E-state index contributed by atoms with van der Waals surface area (Å²) in [6.07, 6.45) is 9.19. The number of ether oxygens (including phenoxy) is 3. The average Bonchev–Trinajstić information content (AvgIpc) is 3.97. The van der Waals surface area contributed by atoms with Crippen molar-refractivity contribution in [1.29, 1.82) is 0 Å². The topological polar surface area (TPSA) is 150 Å². The molecule has 0 unspecified atom stereocenters. The Balaban J connectivity index is 1.17. The van der Waals surface area contributed by atoms with E-state index in [-0.39, 0.29) is 59.7 Å². The van der Waals surface area contributed by atoms with Gasteiger partial charge in [-0.1, -0.05) is 86.5 Å². The molecule has 5 N–H and O–H groups in total. The van der Waals surface area contributed by atoms with E-state index in [1.807, 2.05) is 36.4 Å². The Kier molecular flexibility index (Phi) is 13.9. The monoisotopic (exact) mass is 853 g/mol. The average molecular weight is 854 g/mol. The SMILES string of the molecule is COc1c(OCCCO)c(CCc2cccc(-c3cc(C4(C)CCCC4)[nH]c3N3CCNCC3)c2)c2oc(-c3ccc(O)cc3)cc(=O)c2c1OCC[C@@H](O)/C=C/c1ccccc1. The Morgan fingerprint density at radius 3 is 2.38 bits per heavy atom. The van der Waals surface area contributed by atoms with Crippen LogP contribution >= 0.6 is 0 Å². The first kappa shape index (κ1) is 43.6. The molecular weight excluding hydrogens is 795 g/mol. The molecule has 330 valence electrons. The van der Waals surface area contributed by atoms with E-state index in [1.54, 1.807) is 30.3 Å². The zero-order chi connectivity index (χ0) is 43.8. The van der Waals surface area contributed by atoms with Crippen LogP contribution in [0, 0.1) is 0 Å². The summed E-state index contributed by atoms with van der Waals surface area (Å²) >= 11 is 0. The van der Waals surface area contributed by atoms with Gasteiger partial charge in [-0.05, 0) is 72.7 Å². The number of nitrogens with zero attached hydrogens (tertiary/aromatic N) is 1. The number of nitrogens with one attached hydrogen (secondary N) is 2. The molecule has 2 fully saturated rings. The summed E-state index contributed by atoms with van der Waals surface area (Å²) in [6.45, 7) is 6.29. The number of aliphatic hydroxyl groups excluding tert-OH is 2. The summed E-state index contributed by atoms with van der Waals surface area (Å²) < 4.78 is 25.6. The lowest BCUT2D eigenvalue weighted by Gasteiger charge is -2.30. The fourth-order valence-corrected chi connectivity index (χ4v) is 8.97. The van der Waals surface area contributed by atoms with Gasteiger partial charge in [0.1, 0.15) is 28.3 Å². The van der Waals surface area contributed by atoms with Crippen LogP contribution in [0.1, 0.15) is 67.8 Å². The van der Waals surface area contributed by atoms with E-state index in [0.717, 1.165) is 42.9 Å². The Hall–Kier alpha value is -6.01. The highest BCUT2D eigenvalue weighted by atomic mass is 16.5. The number of hydrogen-bond donors (Lipinski definition) is 5. The molecule has 1 aliphatic carbocycles. The first-order chi connectivity index (χ1) is 30.7. The van der Waals surface area contributed by atoms with Crippen molar-refractivity contribution < 1.29 is 33.9 Å². The third-order valence-corrected chi connectivity index (χ3v) is 12.5. The van der Waals surface area contributed by atoms with Crippen molar-refractivity contribution in [1.82, 2.24) is 10.3 Å². The van der Waals surface area contributed by atoms with Crippen molar-refractivity contribution >= 4 is 22.9 Å². The van der Waals surface area contributed by atoms with Gasteiger partial charge in [-0.25, -0.2) is 0 Å². The molecule has 11 heteroatoms. The van der Waals surface area contributed by atoms with Gasteiger partial charge in [-0.2, -0.15) is 0 Å². The van der Waals surface area contributed by atoms with E-state index in [1.165, 1.54) is 55.9 Å². The van der Waals surface area contributed by atoms with Gasteiger partial charge >= 0.3 is 0 Å². The van der Waals surface area contributed by atoms with Crippen molar-refractivity contribution in [2.75, 3.05) is 58.0 Å². The number of rotatable bonds is 18. The molecule has 63 heavy (non-hydrogen) atoms. The zero-order valence-corrected chi connectivity index (χ0v) is 36.3. The number of fused-ring (bicyclic) bond motifs is 1. The van der Waals surface area contributed by atoms with Crippen molar-refractivity contribution in [3.8, 4) is 45.4 Å². The molecule has 0 radical (unpaired) electrons. The molecule has 2 aromatic heterocycles. The molecule has 1 atom stereocenters. The summed E-state index contributed by atoms with van der Waals surface area (Å²) in [5, 5.41) is 34.4. The molecule has 8 rings (SSSR count). The molecule has 1 saturated carbocycles. The molecule has 3 heterocycles. The van der Waals surface area contributed by atoms with Gasteiger partial charge in [0.05, 0.1) is 26.4 Å². The molecule has 1 aliphatic heterocycles. The molecule has 0 bridgehead atoms. The second-order valence-electron chi connectivity index (χ2n) is 16.9. The second kappa shape index (κ2) is 20.0. The van der Waals surface area contributed by atoms with Crippen LogP contribution in [0.2, 0.25) is 0 Å². The number of aromatic hydroxyl groups is 1. The van der Waals surface area contributed by atoms with Gasteiger partial charge in [0, 0.05) is 79.5 Å². The van der Waals surface area contributed by atoms with Gasteiger partial charge < -0.3 is 49.1 Å². The van der Waals surface area contributed by atoms with E-state index in [9.17, 15) is 20.1 Å². The third-order valence-electron chi connectivity index (χ3n) is 12.5. The minimum absolute atomic E-state index is 0.0586. The van der Waals surface area contributed by atoms with Crippen LogP contribution in [0.25, 0.3) is 39.5 Å². The van der Waals surface area contributed by atoms with Crippen molar-refractivity contribution in [3.63, 3.8) is 0 Å². The number of aliphatic hydroxyl groups is 2. The quantitative estimate of drug-likeness (QED) is 0.0531. The maximum absolute atomic E-state index is 14.4. The van der Waals surface area contributed by atoms with Gasteiger partial charge in [-0.15, -0.1) is 0 Å². The van der Waals surface area contributed by atoms with Crippen LogP contribution in [-0.2, 0) is 18.3 Å². The van der Waals surface area contributed by atoms with E-state index < -0.39 is 6.10 Å². The summed E-state index contributed by atoms with van der Waals surface area (Å²) in [7, 11) is 1.51. The van der Waals surface area contributed by atoms with Crippen LogP contribution in [0.5, 0.6) is 23.0 Å². The van der Waals surface area contributed by atoms with E-state index in [2.05, 4.69) is 52.5 Å². The predicted molar refractivity (Wildman–Crippen MR) is 249 cm³/mol. The minimum Gasteiger partial charge on any atom is -0.508 e. The number of piperazine rings is 1. The second-order valence-corrected chi connectivity index (χ2v) is 16.9. The van der Waals surface area contributed by atoms with Crippen LogP contribution < -0.4 is 29.9 Å². The fraction of sp³-hybridized carbons (Fsp3) is 0.365. The summed E-state index contributed by atoms with van der Waals surface area (Å²) in [4.78, 5) is 20.7. The van der Waals surface area contributed by atoms with Crippen molar-refractivity contribution in [2.45, 2.75) is 69.8 Å². The number of benzene rings is 4. The summed E-state index contributed by atoms with van der Waals surface area (Å²) in [6, 6.07) is 28.7. The molecule has 0 amide bonds. The maximum Gasteiger partial charge on any atom is 0.204 e. The Morgan fingerprint density at radius 1 is 0.873 bits per heavy atom. The molecule has 1 saturated heterocycles. The van der Waals surface area contributed by atoms with E-state index in [0.29, 0.717) is 47.5 Å². The number of aromatic nitrogens is 1. The Labute approximate surface area is 369 Å². The number of aryl methyl sites for hydroxylation is 2. The van der Waals surface area contributed by atoms with Crippen LogP contribution in [0.3, 0.4) is 0 Å². The minimum atomic E-state index is -0.813. The highest BCUT2D eigenvalue weighted by molar-refractivity contribution is 5.93. The first-order valence-electron chi connectivity index (χ1n) is 22.3. The van der Waals surface area contributed by atoms with Gasteiger partial charge in [0.15, 0.2) is 16.9 Å².